The monoisotopic (exact) mass is 420 g/mol. The van der Waals surface area contributed by atoms with Gasteiger partial charge in [-0.15, -0.1) is 0 Å². The van der Waals surface area contributed by atoms with Gasteiger partial charge in [0.25, 0.3) is 0 Å². The van der Waals surface area contributed by atoms with Crippen LogP contribution in [0.1, 0.15) is 43.9 Å². The van der Waals surface area contributed by atoms with Crippen LogP contribution in [0.3, 0.4) is 0 Å². The minimum absolute atomic E-state index is 0.201. The van der Waals surface area contributed by atoms with Crippen molar-refractivity contribution in [1.29, 1.82) is 0 Å². The molecule has 0 unspecified atom stereocenters. The van der Waals surface area contributed by atoms with Crippen LogP contribution in [0, 0.1) is 6.92 Å². The number of piperazine rings is 1. The zero-order valence-corrected chi connectivity index (χ0v) is 17.4. The predicted molar refractivity (Wildman–Crippen MR) is 110 cm³/mol. The van der Waals surface area contributed by atoms with Gasteiger partial charge in [0.15, 0.2) is 5.82 Å². The van der Waals surface area contributed by atoms with Crippen molar-refractivity contribution in [3.8, 4) is 11.4 Å². The van der Waals surface area contributed by atoms with E-state index in [1.807, 2.05) is 17.9 Å². The Morgan fingerprint density at radius 3 is 2.30 bits per heavy atom. The Morgan fingerprint density at radius 2 is 1.70 bits per heavy atom. The van der Waals surface area contributed by atoms with Crippen LogP contribution in [-0.4, -0.2) is 47.0 Å². The van der Waals surface area contributed by atoms with Crippen molar-refractivity contribution in [2.24, 2.45) is 0 Å². The van der Waals surface area contributed by atoms with Crippen LogP contribution in [0.4, 0.5) is 19.0 Å². The van der Waals surface area contributed by atoms with Crippen molar-refractivity contribution in [2.75, 3.05) is 31.1 Å². The molecule has 1 saturated heterocycles. The maximum absolute atomic E-state index is 12.8. The molecule has 0 saturated carbocycles. The van der Waals surface area contributed by atoms with E-state index in [1.54, 1.807) is 0 Å². The summed E-state index contributed by atoms with van der Waals surface area (Å²) in [6, 6.07) is 6.75. The fourth-order valence-electron chi connectivity index (χ4n) is 3.52. The Labute approximate surface area is 174 Å². The molecule has 0 aliphatic carbocycles. The van der Waals surface area contributed by atoms with Gasteiger partial charge in [-0.05, 0) is 25.5 Å². The Kier molecular flexibility index (Phi) is 6.95. The second-order valence-corrected chi connectivity index (χ2v) is 7.59. The summed E-state index contributed by atoms with van der Waals surface area (Å²) in [6.07, 6.45) is -0.686. The lowest BCUT2D eigenvalue weighted by molar-refractivity contribution is -0.137. The summed E-state index contributed by atoms with van der Waals surface area (Å²) in [5.41, 5.74) is 0.588. The van der Waals surface area contributed by atoms with Gasteiger partial charge in [0.2, 0.25) is 5.91 Å². The summed E-state index contributed by atoms with van der Waals surface area (Å²) in [5, 5.41) is 0. The highest BCUT2D eigenvalue weighted by molar-refractivity contribution is 5.76. The van der Waals surface area contributed by atoms with E-state index in [1.165, 1.54) is 12.1 Å². The highest BCUT2D eigenvalue weighted by Gasteiger charge is 2.30. The van der Waals surface area contributed by atoms with E-state index in [0.717, 1.165) is 42.9 Å². The van der Waals surface area contributed by atoms with E-state index < -0.39 is 11.7 Å². The smallest absolute Gasteiger partial charge is 0.353 e. The first-order valence-electron chi connectivity index (χ1n) is 10.3. The number of nitrogens with zero attached hydrogens (tertiary/aromatic N) is 4. The fraction of sp³-hybridized carbons (Fsp3) is 0.500. The molecule has 0 radical (unpaired) electrons. The molecule has 1 amide bonds. The number of aromatic nitrogens is 2. The van der Waals surface area contributed by atoms with Crippen LogP contribution in [0.25, 0.3) is 11.4 Å². The number of anilines is 1. The van der Waals surface area contributed by atoms with Gasteiger partial charge in [-0.3, -0.25) is 4.79 Å². The number of amides is 1. The predicted octanol–water partition coefficient (Wildman–Crippen LogP) is 4.70. The lowest BCUT2D eigenvalue weighted by Gasteiger charge is -2.35. The molecule has 0 N–H and O–H groups in total. The average molecular weight is 420 g/mol. The molecule has 8 heteroatoms. The van der Waals surface area contributed by atoms with Gasteiger partial charge in [-0.1, -0.05) is 31.9 Å². The van der Waals surface area contributed by atoms with E-state index in [0.29, 0.717) is 44.0 Å². The lowest BCUT2D eigenvalue weighted by Crippen LogP contribution is -2.49. The number of hydrogen-bond donors (Lipinski definition) is 0. The first kappa shape index (κ1) is 22.1. The Balaban J connectivity index is 1.68. The van der Waals surface area contributed by atoms with Gasteiger partial charge in [0, 0.05) is 49.9 Å². The third-order valence-corrected chi connectivity index (χ3v) is 5.26. The number of unbranched alkanes of at least 4 members (excludes halogenated alkanes) is 2. The molecule has 5 nitrogen and oxygen atoms in total. The summed E-state index contributed by atoms with van der Waals surface area (Å²) in [5.74, 6) is 1.33. The van der Waals surface area contributed by atoms with E-state index >= 15 is 0 Å². The molecule has 1 aromatic carbocycles. The molecule has 1 aliphatic heterocycles. The quantitative estimate of drug-likeness (QED) is 0.636. The molecule has 1 aliphatic rings. The van der Waals surface area contributed by atoms with Crippen molar-refractivity contribution in [2.45, 2.75) is 45.7 Å². The minimum atomic E-state index is -4.37. The number of carbonyl (C=O) groups is 1. The van der Waals surface area contributed by atoms with Crippen LogP contribution in [0.5, 0.6) is 0 Å². The second-order valence-electron chi connectivity index (χ2n) is 7.59. The fourth-order valence-corrected chi connectivity index (χ4v) is 3.52. The number of hydrogen-bond acceptors (Lipinski definition) is 4. The second kappa shape index (κ2) is 9.45. The Bertz CT molecular complexity index is 860. The van der Waals surface area contributed by atoms with Crippen LogP contribution >= 0.6 is 0 Å². The number of benzene rings is 1. The summed E-state index contributed by atoms with van der Waals surface area (Å²) < 4.78 is 38.4. The maximum atomic E-state index is 12.8. The van der Waals surface area contributed by atoms with Gasteiger partial charge >= 0.3 is 6.18 Å². The van der Waals surface area contributed by atoms with Gasteiger partial charge in [0.1, 0.15) is 5.82 Å². The van der Waals surface area contributed by atoms with E-state index in [9.17, 15) is 18.0 Å². The van der Waals surface area contributed by atoms with Crippen molar-refractivity contribution < 1.29 is 18.0 Å². The molecule has 1 fully saturated rings. The van der Waals surface area contributed by atoms with Gasteiger partial charge in [0.05, 0.1) is 5.56 Å². The number of aryl methyl sites for hydroxylation is 1. The topological polar surface area (TPSA) is 49.3 Å². The van der Waals surface area contributed by atoms with Crippen molar-refractivity contribution >= 4 is 11.7 Å². The van der Waals surface area contributed by atoms with E-state index in [2.05, 4.69) is 21.8 Å². The van der Waals surface area contributed by atoms with Crippen molar-refractivity contribution in [3.63, 3.8) is 0 Å². The van der Waals surface area contributed by atoms with Gasteiger partial charge in [-0.25, -0.2) is 9.97 Å². The molecule has 3 rings (SSSR count). The number of carbonyl (C=O) groups excluding carboxylic acids is 1. The third kappa shape index (κ3) is 5.49. The van der Waals surface area contributed by atoms with Gasteiger partial charge in [-0.2, -0.15) is 13.2 Å². The molecule has 30 heavy (non-hydrogen) atoms. The van der Waals surface area contributed by atoms with Crippen molar-refractivity contribution in [1.82, 2.24) is 14.9 Å². The third-order valence-electron chi connectivity index (χ3n) is 5.26. The highest BCUT2D eigenvalue weighted by atomic mass is 19.4. The number of rotatable bonds is 6. The zero-order chi connectivity index (χ0) is 21.7. The van der Waals surface area contributed by atoms with Crippen LogP contribution in [0.15, 0.2) is 30.3 Å². The normalized spacial score (nSPS) is 14.8. The molecule has 0 spiro atoms. The van der Waals surface area contributed by atoms with Crippen LogP contribution in [0.2, 0.25) is 0 Å². The molecule has 162 valence electrons. The lowest BCUT2D eigenvalue weighted by atomic mass is 10.1. The average Bonchev–Trinajstić information content (AvgIpc) is 2.73. The summed E-state index contributed by atoms with van der Waals surface area (Å²) in [7, 11) is 0. The molecule has 0 atom stereocenters. The molecule has 1 aromatic heterocycles. The molecule has 2 aromatic rings. The van der Waals surface area contributed by atoms with Crippen LogP contribution in [-0.2, 0) is 11.0 Å². The summed E-state index contributed by atoms with van der Waals surface area (Å²) in [6.45, 7) is 6.58. The Morgan fingerprint density at radius 1 is 1.03 bits per heavy atom. The number of halogens is 3. The first-order chi connectivity index (χ1) is 14.3. The van der Waals surface area contributed by atoms with E-state index in [4.69, 9.17) is 0 Å². The van der Waals surface area contributed by atoms with Gasteiger partial charge < -0.3 is 9.80 Å². The standard InChI is InChI=1S/C22H27F3N4O/c1-3-4-5-6-20(30)29-13-11-28(12-14-29)19-15-16(2)26-21(27-19)17-7-9-18(10-8-17)22(23,24)25/h7-10,15H,3-6,11-14H2,1-2H3. The largest absolute Gasteiger partial charge is 0.416 e. The molecule has 0 bridgehead atoms. The van der Waals surface area contributed by atoms with E-state index in [-0.39, 0.29) is 5.91 Å². The molecular formula is C22H27F3N4O. The zero-order valence-electron chi connectivity index (χ0n) is 17.4. The first-order valence-corrected chi connectivity index (χ1v) is 10.3. The van der Waals surface area contributed by atoms with Crippen LogP contribution < -0.4 is 4.90 Å². The minimum Gasteiger partial charge on any atom is -0.353 e. The number of alkyl halides is 3. The highest BCUT2D eigenvalue weighted by Crippen LogP contribution is 2.30. The SMILES string of the molecule is CCCCCC(=O)N1CCN(c2cc(C)nc(-c3ccc(C(F)(F)F)cc3)n2)CC1. The maximum Gasteiger partial charge on any atom is 0.416 e. The summed E-state index contributed by atoms with van der Waals surface area (Å²) in [4.78, 5) is 25.3. The Hall–Kier alpha value is -2.64. The molecular weight excluding hydrogens is 393 g/mol. The molecule has 2 heterocycles. The summed E-state index contributed by atoms with van der Waals surface area (Å²) >= 11 is 0. The van der Waals surface area contributed by atoms with Crippen molar-refractivity contribution in [3.05, 3.63) is 41.6 Å².